The molecular weight excluding hydrogens is 459 g/mol. The minimum absolute atomic E-state index is 0.0121. The minimum atomic E-state index is -0.248. The summed E-state index contributed by atoms with van der Waals surface area (Å²) in [6.45, 7) is 5.98. The molecule has 1 heterocycles. The molecule has 32 heavy (non-hydrogen) atoms. The van der Waals surface area contributed by atoms with Gasteiger partial charge in [-0.2, -0.15) is 0 Å². The first-order valence-corrected chi connectivity index (χ1v) is 11.4. The second kappa shape index (κ2) is 11.8. The Morgan fingerprint density at radius 2 is 1.94 bits per heavy atom. The lowest BCUT2D eigenvalue weighted by molar-refractivity contribution is -0.432. The molecule has 0 aromatic heterocycles. The van der Waals surface area contributed by atoms with Gasteiger partial charge < -0.3 is 9.64 Å². The first-order valence-electron chi connectivity index (χ1n) is 10.2. The highest BCUT2D eigenvalue weighted by Crippen LogP contribution is 2.27. The summed E-state index contributed by atoms with van der Waals surface area (Å²) in [4.78, 5) is 17.0. The summed E-state index contributed by atoms with van der Waals surface area (Å²) in [6, 6.07) is 11.7. The van der Waals surface area contributed by atoms with Gasteiger partial charge in [-0.15, -0.1) is 4.33 Å². The fourth-order valence-electron chi connectivity index (χ4n) is 3.72. The monoisotopic (exact) mass is 484 g/mol. The summed E-state index contributed by atoms with van der Waals surface area (Å²) >= 11 is 6.91. The van der Waals surface area contributed by atoms with Crippen molar-refractivity contribution in [3.8, 4) is 5.75 Å². The molecule has 0 unspecified atom stereocenters. The Bertz CT molecular complexity index is 904. The lowest BCUT2D eigenvalue weighted by Gasteiger charge is -2.44. The number of nitrogens with zero attached hydrogens (tertiary/aromatic N) is 2. The topological polar surface area (TPSA) is 71.5 Å². The van der Waals surface area contributed by atoms with E-state index in [1.807, 2.05) is 11.8 Å². The van der Waals surface area contributed by atoms with Gasteiger partial charge >= 0.3 is 0 Å². The standard InChI is InChI=1S/C22H26ClFN2O5S/c1-15-11-26(16(2)10-25(15)12-17-3-6-20(24)7-4-17)22(27)13-29-21-8-5-19(23)9-18(21)14-32-31-30-28/h3-9,15-16,28H,10-14H2,1-2H3/t15-,16+/m0/s1. The number of carbonyl (C=O) groups is 1. The number of carbonyl (C=O) groups excluding carboxylic acids is 1. The number of halogens is 2. The quantitative estimate of drug-likeness (QED) is 0.242. The van der Waals surface area contributed by atoms with E-state index < -0.39 is 0 Å². The van der Waals surface area contributed by atoms with Crippen LogP contribution in [0, 0.1) is 5.82 Å². The third-order valence-corrected chi connectivity index (χ3v) is 6.22. The molecule has 1 aliphatic heterocycles. The van der Waals surface area contributed by atoms with Gasteiger partial charge in [0.25, 0.3) is 5.91 Å². The second-order valence-electron chi connectivity index (χ2n) is 7.75. The van der Waals surface area contributed by atoms with E-state index in [1.54, 1.807) is 30.3 Å². The zero-order chi connectivity index (χ0) is 23.1. The Morgan fingerprint density at radius 3 is 2.66 bits per heavy atom. The van der Waals surface area contributed by atoms with E-state index in [-0.39, 0.29) is 30.4 Å². The summed E-state index contributed by atoms with van der Waals surface area (Å²) in [7, 11) is 0. The fraction of sp³-hybridized carbons (Fsp3) is 0.409. The van der Waals surface area contributed by atoms with Crippen molar-refractivity contribution in [3.63, 3.8) is 0 Å². The third-order valence-electron chi connectivity index (χ3n) is 5.40. The number of piperazine rings is 1. The summed E-state index contributed by atoms with van der Waals surface area (Å²) in [5.41, 5.74) is 1.75. The van der Waals surface area contributed by atoms with Crippen LogP contribution in [0.5, 0.6) is 5.75 Å². The molecule has 0 spiro atoms. The predicted octanol–water partition coefficient (Wildman–Crippen LogP) is 4.55. The molecule has 1 N–H and O–H groups in total. The van der Waals surface area contributed by atoms with Gasteiger partial charge in [0.05, 0.1) is 5.75 Å². The summed E-state index contributed by atoms with van der Waals surface area (Å²) in [6.07, 6.45) is 0. The van der Waals surface area contributed by atoms with Crippen molar-refractivity contribution in [2.75, 3.05) is 19.7 Å². The highest BCUT2D eigenvalue weighted by molar-refractivity contribution is 7.93. The maximum Gasteiger partial charge on any atom is 0.260 e. The first-order chi connectivity index (χ1) is 15.4. The van der Waals surface area contributed by atoms with Gasteiger partial charge in [-0.05, 0) is 49.7 Å². The Morgan fingerprint density at radius 1 is 1.19 bits per heavy atom. The van der Waals surface area contributed by atoms with Gasteiger partial charge in [-0.3, -0.25) is 9.69 Å². The molecule has 0 radical (unpaired) electrons. The van der Waals surface area contributed by atoms with Gasteiger partial charge in [0, 0.05) is 54.3 Å². The van der Waals surface area contributed by atoms with Crippen molar-refractivity contribution < 1.29 is 28.6 Å². The van der Waals surface area contributed by atoms with E-state index in [4.69, 9.17) is 21.6 Å². The number of amides is 1. The molecule has 7 nitrogen and oxygen atoms in total. The largest absolute Gasteiger partial charge is 0.483 e. The van der Waals surface area contributed by atoms with Gasteiger partial charge in [0.2, 0.25) is 0 Å². The van der Waals surface area contributed by atoms with E-state index in [2.05, 4.69) is 21.2 Å². The molecule has 1 amide bonds. The van der Waals surface area contributed by atoms with Crippen LogP contribution in [0.4, 0.5) is 4.39 Å². The number of hydrogen-bond donors (Lipinski definition) is 1. The van der Waals surface area contributed by atoms with Crippen LogP contribution in [0.2, 0.25) is 5.02 Å². The van der Waals surface area contributed by atoms with Gasteiger partial charge in [0.1, 0.15) is 11.6 Å². The summed E-state index contributed by atoms with van der Waals surface area (Å²) < 4.78 is 23.4. The van der Waals surface area contributed by atoms with Gasteiger partial charge in [0.15, 0.2) is 6.61 Å². The van der Waals surface area contributed by atoms with Gasteiger partial charge in [-0.25, -0.2) is 9.65 Å². The lowest BCUT2D eigenvalue weighted by atomic mass is 10.1. The Labute approximate surface area is 196 Å². The van der Waals surface area contributed by atoms with Crippen molar-refractivity contribution in [2.24, 2.45) is 0 Å². The predicted molar refractivity (Wildman–Crippen MR) is 120 cm³/mol. The van der Waals surface area contributed by atoms with Crippen LogP contribution in [0.3, 0.4) is 0 Å². The molecule has 3 rings (SSSR count). The fourth-order valence-corrected chi connectivity index (χ4v) is 4.36. The van der Waals surface area contributed by atoms with Crippen LogP contribution < -0.4 is 4.74 Å². The SMILES string of the molecule is C[C@@H]1CN(Cc2ccc(F)cc2)[C@@H](C)CN1C(=O)COc1ccc(Cl)cc1CSOOO. The Hall–Kier alpha value is -1.88. The van der Waals surface area contributed by atoms with E-state index in [9.17, 15) is 9.18 Å². The molecule has 2 aromatic carbocycles. The van der Waals surface area contributed by atoms with Crippen LogP contribution >= 0.6 is 23.6 Å². The Balaban J connectivity index is 1.56. The molecule has 0 bridgehead atoms. The van der Waals surface area contributed by atoms with E-state index >= 15 is 0 Å². The first kappa shape index (κ1) is 24.8. The summed E-state index contributed by atoms with van der Waals surface area (Å²) in [5, 5.41) is 12.4. The third kappa shape index (κ3) is 6.81. The van der Waals surface area contributed by atoms with Crippen molar-refractivity contribution in [1.82, 2.24) is 9.80 Å². The zero-order valence-corrected chi connectivity index (χ0v) is 19.4. The van der Waals surface area contributed by atoms with Crippen LogP contribution in [0.1, 0.15) is 25.0 Å². The van der Waals surface area contributed by atoms with Crippen molar-refractivity contribution in [1.29, 1.82) is 0 Å². The van der Waals surface area contributed by atoms with E-state index in [1.165, 1.54) is 12.1 Å². The van der Waals surface area contributed by atoms with Gasteiger partial charge in [-0.1, -0.05) is 28.8 Å². The molecule has 174 valence electrons. The van der Waals surface area contributed by atoms with Crippen LogP contribution in [-0.4, -0.2) is 52.7 Å². The van der Waals surface area contributed by atoms with Crippen molar-refractivity contribution in [2.45, 2.75) is 38.2 Å². The van der Waals surface area contributed by atoms with Crippen LogP contribution in [0.25, 0.3) is 0 Å². The highest BCUT2D eigenvalue weighted by Gasteiger charge is 2.32. The molecule has 10 heteroatoms. The number of ether oxygens (including phenoxy) is 1. The lowest BCUT2D eigenvalue weighted by Crippen LogP contribution is -2.58. The minimum Gasteiger partial charge on any atom is -0.483 e. The molecule has 2 atom stereocenters. The highest BCUT2D eigenvalue weighted by atomic mass is 35.5. The van der Waals surface area contributed by atoms with E-state index in [0.717, 1.165) is 17.6 Å². The molecule has 0 aliphatic carbocycles. The number of benzene rings is 2. The molecule has 0 saturated carbocycles. The van der Waals surface area contributed by atoms with Crippen LogP contribution in [0.15, 0.2) is 42.5 Å². The van der Waals surface area contributed by atoms with Crippen molar-refractivity contribution >= 4 is 29.6 Å². The second-order valence-corrected chi connectivity index (χ2v) is 8.84. The maximum absolute atomic E-state index is 13.2. The van der Waals surface area contributed by atoms with Crippen molar-refractivity contribution in [3.05, 3.63) is 64.4 Å². The average molecular weight is 485 g/mol. The molecule has 1 saturated heterocycles. The smallest absolute Gasteiger partial charge is 0.260 e. The van der Waals surface area contributed by atoms with E-state index in [0.29, 0.717) is 41.7 Å². The number of hydrogen-bond acceptors (Lipinski definition) is 7. The van der Waals surface area contributed by atoms with Crippen LogP contribution in [-0.2, 0) is 26.5 Å². The molecule has 1 fully saturated rings. The normalized spacial score (nSPS) is 19.2. The maximum atomic E-state index is 13.2. The molecular formula is C22H26ClFN2O5S. The number of rotatable bonds is 9. The zero-order valence-electron chi connectivity index (χ0n) is 17.9. The summed E-state index contributed by atoms with van der Waals surface area (Å²) in [5.74, 6) is 0.462. The molecule has 2 aromatic rings. The Kier molecular flexibility index (Phi) is 9.15. The average Bonchev–Trinajstić information content (AvgIpc) is 2.77. The molecule has 1 aliphatic rings.